The fraction of sp³-hybridized carbons (Fsp3) is 0.438. The van der Waals surface area contributed by atoms with Gasteiger partial charge in [-0.05, 0) is 86.4 Å². The molecule has 0 spiro atoms. The van der Waals surface area contributed by atoms with Gasteiger partial charge >= 0.3 is 11.9 Å². The van der Waals surface area contributed by atoms with Gasteiger partial charge < -0.3 is 25.7 Å². The van der Waals surface area contributed by atoms with E-state index < -0.39 is 11.4 Å². The molecule has 1 fully saturated rings. The third-order valence-electron chi connectivity index (χ3n) is 7.05. The lowest BCUT2D eigenvalue weighted by Crippen LogP contribution is -2.29. The zero-order valence-electron chi connectivity index (χ0n) is 23.2. The molecule has 0 atom stereocenters. The van der Waals surface area contributed by atoms with Crippen molar-refractivity contribution in [3.05, 3.63) is 72.3 Å². The molecule has 1 saturated carbocycles. The van der Waals surface area contributed by atoms with E-state index in [4.69, 9.17) is 25.7 Å². The van der Waals surface area contributed by atoms with Crippen LogP contribution in [0.25, 0.3) is 6.08 Å². The Morgan fingerprint density at radius 2 is 1.74 bits per heavy atom. The van der Waals surface area contributed by atoms with Gasteiger partial charge in [0.1, 0.15) is 12.4 Å². The van der Waals surface area contributed by atoms with Crippen molar-refractivity contribution >= 4 is 29.4 Å². The second-order valence-corrected chi connectivity index (χ2v) is 10.8. The van der Waals surface area contributed by atoms with Gasteiger partial charge in [0.05, 0.1) is 12.0 Å². The zero-order valence-corrected chi connectivity index (χ0v) is 23.2. The van der Waals surface area contributed by atoms with Crippen LogP contribution in [0.5, 0.6) is 5.75 Å². The van der Waals surface area contributed by atoms with Gasteiger partial charge in [-0.3, -0.25) is 4.79 Å². The molecule has 2 aromatic carbocycles. The predicted molar refractivity (Wildman–Crippen MR) is 156 cm³/mol. The second kappa shape index (κ2) is 14.5. The highest BCUT2D eigenvalue weighted by molar-refractivity contribution is 5.87. The van der Waals surface area contributed by atoms with E-state index in [1.807, 2.05) is 26.0 Å². The number of unbranched alkanes of at least 4 members (excludes halogenated alkanes) is 2. The van der Waals surface area contributed by atoms with Crippen molar-refractivity contribution in [3.63, 3.8) is 0 Å². The molecule has 210 valence electrons. The summed E-state index contributed by atoms with van der Waals surface area (Å²) in [5.41, 5.74) is 14.2. The van der Waals surface area contributed by atoms with Gasteiger partial charge in [-0.25, -0.2) is 4.79 Å². The first-order valence-electron chi connectivity index (χ1n) is 13.7. The van der Waals surface area contributed by atoms with Crippen molar-refractivity contribution in [1.29, 1.82) is 0 Å². The number of rotatable bonds is 13. The molecule has 2 aromatic rings. The Kier molecular flexibility index (Phi) is 11.2. The van der Waals surface area contributed by atoms with E-state index in [2.05, 4.69) is 6.58 Å². The number of esters is 2. The number of carbonyl (C=O) groups excluding carboxylic acids is 2. The smallest absolute Gasteiger partial charge is 0.330 e. The fourth-order valence-electron chi connectivity index (χ4n) is 4.69. The van der Waals surface area contributed by atoms with Gasteiger partial charge in [0, 0.05) is 29.5 Å². The number of benzene rings is 2. The SMILES string of the molecule is C=CCCCCOC1CCC(C(=O)Oc2ccc(C=CC(=O)OCC(C)(C)c3ccc(N)cc3N)cc2)CC1. The monoisotopic (exact) mass is 534 g/mol. The van der Waals surface area contributed by atoms with E-state index in [1.165, 1.54) is 6.08 Å². The summed E-state index contributed by atoms with van der Waals surface area (Å²) in [5.74, 6) is -0.268. The maximum atomic E-state index is 12.6. The van der Waals surface area contributed by atoms with Crippen LogP contribution < -0.4 is 16.2 Å². The van der Waals surface area contributed by atoms with E-state index >= 15 is 0 Å². The van der Waals surface area contributed by atoms with Crippen molar-refractivity contribution < 1.29 is 23.8 Å². The number of anilines is 2. The molecule has 0 radical (unpaired) electrons. The average molecular weight is 535 g/mol. The molecule has 1 aliphatic carbocycles. The molecule has 39 heavy (non-hydrogen) atoms. The van der Waals surface area contributed by atoms with Crippen LogP contribution in [0.2, 0.25) is 0 Å². The number of ether oxygens (including phenoxy) is 3. The third-order valence-corrected chi connectivity index (χ3v) is 7.05. The molecular formula is C32H42N2O5. The van der Waals surface area contributed by atoms with Gasteiger partial charge in [-0.1, -0.05) is 38.1 Å². The molecule has 0 unspecified atom stereocenters. The Morgan fingerprint density at radius 3 is 2.41 bits per heavy atom. The van der Waals surface area contributed by atoms with E-state index in [9.17, 15) is 9.59 Å². The van der Waals surface area contributed by atoms with Gasteiger partial charge in [0.25, 0.3) is 0 Å². The minimum atomic E-state index is -0.468. The Hall–Kier alpha value is -3.58. The van der Waals surface area contributed by atoms with Gasteiger partial charge in [0.15, 0.2) is 0 Å². The quantitative estimate of drug-likeness (QED) is 0.0783. The molecule has 0 amide bonds. The predicted octanol–water partition coefficient (Wildman–Crippen LogP) is 6.22. The molecule has 4 N–H and O–H groups in total. The highest BCUT2D eigenvalue weighted by atomic mass is 16.5. The topological polar surface area (TPSA) is 114 Å². The Morgan fingerprint density at radius 1 is 1.03 bits per heavy atom. The summed E-state index contributed by atoms with van der Waals surface area (Å²) >= 11 is 0. The van der Waals surface area contributed by atoms with Gasteiger partial charge in [-0.2, -0.15) is 0 Å². The molecule has 0 aromatic heterocycles. The summed E-state index contributed by atoms with van der Waals surface area (Å²) in [5, 5.41) is 0. The fourth-order valence-corrected chi connectivity index (χ4v) is 4.69. The number of allylic oxidation sites excluding steroid dienone is 1. The maximum Gasteiger partial charge on any atom is 0.330 e. The number of nitrogen functional groups attached to an aromatic ring is 2. The van der Waals surface area contributed by atoms with E-state index in [0.717, 1.165) is 62.7 Å². The van der Waals surface area contributed by atoms with Crippen LogP contribution in [0.1, 0.15) is 69.9 Å². The molecule has 7 nitrogen and oxygen atoms in total. The van der Waals surface area contributed by atoms with Crippen LogP contribution in [0.15, 0.2) is 61.2 Å². The largest absolute Gasteiger partial charge is 0.462 e. The Balaban J connectivity index is 1.40. The molecule has 1 aliphatic rings. The lowest BCUT2D eigenvalue weighted by Gasteiger charge is -2.27. The van der Waals surface area contributed by atoms with Crippen LogP contribution in [-0.4, -0.2) is 31.3 Å². The minimum absolute atomic E-state index is 0.104. The van der Waals surface area contributed by atoms with Gasteiger partial charge in [0.2, 0.25) is 0 Å². The average Bonchev–Trinajstić information content (AvgIpc) is 2.91. The number of carbonyl (C=O) groups is 2. The number of hydrogen-bond donors (Lipinski definition) is 2. The van der Waals surface area contributed by atoms with Crippen LogP contribution in [-0.2, 0) is 24.5 Å². The minimum Gasteiger partial charge on any atom is -0.462 e. The highest BCUT2D eigenvalue weighted by Crippen LogP contribution is 2.30. The molecule has 0 heterocycles. The van der Waals surface area contributed by atoms with Crippen molar-refractivity contribution in [2.75, 3.05) is 24.7 Å². The normalized spacial score (nSPS) is 17.6. The lowest BCUT2D eigenvalue weighted by molar-refractivity contribution is -0.141. The Bertz CT molecular complexity index is 1130. The summed E-state index contributed by atoms with van der Waals surface area (Å²) < 4.78 is 17.0. The highest BCUT2D eigenvalue weighted by Gasteiger charge is 2.28. The first kappa shape index (κ1) is 30.0. The van der Waals surface area contributed by atoms with Crippen molar-refractivity contribution in [2.45, 2.75) is 70.3 Å². The van der Waals surface area contributed by atoms with E-state index in [0.29, 0.717) is 17.1 Å². The van der Waals surface area contributed by atoms with Gasteiger partial charge in [-0.15, -0.1) is 6.58 Å². The zero-order chi connectivity index (χ0) is 28.3. The van der Waals surface area contributed by atoms with E-state index in [1.54, 1.807) is 42.5 Å². The molecular weight excluding hydrogens is 492 g/mol. The molecule has 0 saturated heterocycles. The van der Waals surface area contributed by atoms with Crippen molar-refractivity contribution in [3.8, 4) is 5.75 Å². The van der Waals surface area contributed by atoms with Crippen LogP contribution >= 0.6 is 0 Å². The first-order valence-corrected chi connectivity index (χ1v) is 13.7. The van der Waals surface area contributed by atoms with Crippen LogP contribution in [0.4, 0.5) is 11.4 Å². The molecule has 0 aliphatic heterocycles. The summed E-state index contributed by atoms with van der Waals surface area (Å²) in [7, 11) is 0. The number of nitrogens with two attached hydrogens (primary N) is 2. The summed E-state index contributed by atoms with van der Waals surface area (Å²) in [6, 6.07) is 12.4. The standard InChI is InChI=1S/C32H42N2O5/c1-4-5-6-7-20-37-26-16-11-24(12-17-26)31(36)39-27-14-8-23(9-15-27)10-19-30(35)38-22-32(2,3)28-18-13-25(33)21-29(28)34/h4,8-10,13-15,18-19,21,24,26H,1,5-7,11-12,16-17,20,22,33-34H2,2-3H3. The van der Waals surface area contributed by atoms with Crippen LogP contribution in [0, 0.1) is 5.92 Å². The van der Waals surface area contributed by atoms with Crippen LogP contribution in [0.3, 0.4) is 0 Å². The van der Waals surface area contributed by atoms with Crippen molar-refractivity contribution in [1.82, 2.24) is 0 Å². The molecule has 7 heteroatoms. The molecule has 0 bridgehead atoms. The number of hydrogen-bond acceptors (Lipinski definition) is 7. The van der Waals surface area contributed by atoms with E-state index in [-0.39, 0.29) is 24.6 Å². The molecule has 3 rings (SSSR count). The summed E-state index contributed by atoms with van der Waals surface area (Å²) in [6.45, 7) is 8.59. The Labute approximate surface area is 232 Å². The third kappa shape index (κ3) is 9.59. The summed E-state index contributed by atoms with van der Waals surface area (Å²) in [4.78, 5) is 24.9. The lowest BCUT2D eigenvalue weighted by atomic mass is 9.84. The second-order valence-electron chi connectivity index (χ2n) is 10.8. The maximum absolute atomic E-state index is 12.6. The summed E-state index contributed by atoms with van der Waals surface area (Å²) in [6.07, 6.45) is 11.7. The first-order chi connectivity index (χ1) is 18.7. The van der Waals surface area contributed by atoms with Crippen molar-refractivity contribution in [2.24, 2.45) is 5.92 Å².